The fraction of sp³-hybridized carbons (Fsp3) is 0.562. The van der Waals surface area contributed by atoms with Crippen molar-refractivity contribution < 1.29 is 18.8 Å². The van der Waals surface area contributed by atoms with Crippen LogP contribution in [0, 0.1) is 15.9 Å². The number of benzene rings is 1. The largest absolute Gasteiger partial charge is 0.444 e. The third kappa shape index (κ3) is 4.89. The van der Waals surface area contributed by atoms with Crippen LogP contribution in [0.2, 0.25) is 0 Å². The van der Waals surface area contributed by atoms with E-state index in [4.69, 9.17) is 4.74 Å². The Morgan fingerprint density at radius 2 is 2.21 bits per heavy atom. The maximum absolute atomic E-state index is 13.8. The highest BCUT2D eigenvalue weighted by Crippen LogP contribution is 2.18. The monoisotopic (exact) mass is 339 g/mol. The van der Waals surface area contributed by atoms with Gasteiger partial charge in [-0.15, -0.1) is 0 Å². The van der Waals surface area contributed by atoms with Crippen LogP contribution in [0.5, 0.6) is 0 Å². The first-order valence-electron chi connectivity index (χ1n) is 7.80. The number of carbonyl (C=O) groups is 1. The molecule has 7 nitrogen and oxygen atoms in total. The summed E-state index contributed by atoms with van der Waals surface area (Å²) in [6.07, 6.45) is 0.390. The maximum atomic E-state index is 13.8. The molecule has 1 aliphatic heterocycles. The normalized spacial score (nSPS) is 17.8. The van der Waals surface area contributed by atoms with Gasteiger partial charge in [0.05, 0.1) is 11.0 Å². The van der Waals surface area contributed by atoms with Gasteiger partial charge in [0.2, 0.25) is 0 Å². The Balaban J connectivity index is 1.86. The molecule has 1 heterocycles. The zero-order chi connectivity index (χ0) is 17.9. The molecule has 1 unspecified atom stereocenters. The van der Waals surface area contributed by atoms with Crippen LogP contribution in [-0.4, -0.2) is 40.6 Å². The van der Waals surface area contributed by atoms with Crippen LogP contribution in [0.25, 0.3) is 0 Å². The summed E-state index contributed by atoms with van der Waals surface area (Å²) in [6, 6.07) is 3.63. The van der Waals surface area contributed by atoms with E-state index in [1.807, 2.05) is 20.8 Å². The van der Waals surface area contributed by atoms with Crippen molar-refractivity contribution in [2.45, 2.75) is 45.4 Å². The van der Waals surface area contributed by atoms with E-state index in [1.54, 1.807) is 4.90 Å². The summed E-state index contributed by atoms with van der Waals surface area (Å²) in [6.45, 7) is 6.76. The van der Waals surface area contributed by atoms with Crippen molar-refractivity contribution in [1.82, 2.24) is 10.2 Å². The van der Waals surface area contributed by atoms with Gasteiger partial charge in [-0.05, 0) is 33.3 Å². The van der Waals surface area contributed by atoms with E-state index < -0.39 is 16.3 Å². The minimum absolute atomic E-state index is 0.0344. The second kappa shape index (κ2) is 7.12. The van der Waals surface area contributed by atoms with Crippen LogP contribution in [-0.2, 0) is 11.3 Å². The molecule has 1 atom stereocenters. The SMILES string of the molecule is CC(C)(C)OC(=O)N1CCC(NCc2ccc([N+](=O)[O-])cc2F)C1. The highest BCUT2D eigenvalue weighted by atomic mass is 19.1. The Bertz CT molecular complexity index is 630. The van der Waals surface area contributed by atoms with Crippen LogP contribution in [0.15, 0.2) is 18.2 Å². The highest BCUT2D eigenvalue weighted by Gasteiger charge is 2.29. The number of rotatable bonds is 4. The van der Waals surface area contributed by atoms with E-state index >= 15 is 0 Å². The van der Waals surface area contributed by atoms with Gasteiger partial charge in [0.1, 0.15) is 11.4 Å². The van der Waals surface area contributed by atoms with E-state index in [9.17, 15) is 19.3 Å². The number of carbonyl (C=O) groups excluding carboxylic acids is 1. The lowest BCUT2D eigenvalue weighted by Gasteiger charge is -2.24. The maximum Gasteiger partial charge on any atom is 0.410 e. The van der Waals surface area contributed by atoms with Gasteiger partial charge >= 0.3 is 6.09 Å². The summed E-state index contributed by atoms with van der Waals surface area (Å²) in [5.74, 6) is -0.612. The number of halogens is 1. The Hall–Kier alpha value is -2.22. The van der Waals surface area contributed by atoms with E-state index in [0.29, 0.717) is 18.7 Å². The lowest BCUT2D eigenvalue weighted by Crippen LogP contribution is -2.38. The molecule has 0 spiro atoms. The van der Waals surface area contributed by atoms with Crippen LogP contribution in [0.4, 0.5) is 14.9 Å². The summed E-state index contributed by atoms with van der Waals surface area (Å²) in [7, 11) is 0. The highest BCUT2D eigenvalue weighted by molar-refractivity contribution is 5.68. The predicted molar refractivity (Wildman–Crippen MR) is 86.1 cm³/mol. The van der Waals surface area contributed by atoms with E-state index in [1.165, 1.54) is 12.1 Å². The van der Waals surface area contributed by atoms with Crippen LogP contribution in [0.1, 0.15) is 32.8 Å². The number of hydrogen-bond donors (Lipinski definition) is 1. The molecule has 0 radical (unpaired) electrons. The van der Waals surface area contributed by atoms with Crippen molar-refractivity contribution in [3.63, 3.8) is 0 Å². The van der Waals surface area contributed by atoms with Gasteiger partial charge in [-0.3, -0.25) is 10.1 Å². The molecular weight excluding hydrogens is 317 g/mol. The Morgan fingerprint density at radius 3 is 2.79 bits per heavy atom. The molecule has 0 aliphatic carbocycles. The van der Waals surface area contributed by atoms with Gasteiger partial charge in [0.15, 0.2) is 0 Å². The zero-order valence-corrected chi connectivity index (χ0v) is 14.0. The third-order valence-corrected chi connectivity index (χ3v) is 3.67. The molecule has 0 bridgehead atoms. The first-order valence-corrected chi connectivity index (χ1v) is 7.80. The number of non-ortho nitro benzene ring substituents is 1. The lowest BCUT2D eigenvalue weighted by atomic mass is 10.1. The second-order valence-electron chi connectivity index (χ2n) is 6.83. The number of nitro benzene ring substituents is 1. The number of amides is 1. The molecule has 24 heavy (non-hydrogen) atoms. The number of hydrogen-bond acceptors (Lipinski definition) is 5. The van der Waals surface area contributed by atoms with Gasteiger partial charge in [0.25, 0.3) is 5.69 Å². The van der Waals surface area contributed by atoms with Crippen molar-refractivity contribution in [1.29, 1.82) is 0 Å². The molecule has 132 valence electrons. The number of ether oxygens (including phenoxy) is 1. The first-order chi connectivity index (χ1) is 11.2. The van der Waals surface area contributed by atoms with Crippen LogP contribution >= 0.6 is 0 Å². The summed E-state index contributed by atoms with van der Waals surface area (Å²) < 4.78 is 19.2. The van der Waals surface area contributed by atoms with Gasteiger partial charge in [0, 0.05) is 37.3 Å². The van der Waals surface area contributed by atoms with Crippen LogP contribution < -0.4 is 5.32 Å². The van der Waals surface area contributed by atoms with Crippen molar-refractivity contribution in [2.75, 3.05) is 13.1 Å². The molecule has 1 aromatic rings. The average molecular weight is 339 g/mol. The molecule has 0 aromatic heterocycles. The fourth-order valence-electron chi connectivity index (χ4n) is 2.47. The number of nitrogens with zero attached hydrogens (tertiary/aromatic N) is 2. The number of nitrogens with one attached hydrogen (secondary N) is 1. The minimum atomic E-state index is -0.629. The van der Waals surface area contributed by atoms with Crippen molar-refractivity contribution >= 4 is 11.8 Å². The molecule has 1 fully saturated rings. The Morgan fingerprint density at radius 1 is 1.50 bits per heavy atom. The summed E-state index contributed by atoms with van der Waals surface area (Å²) >= 11 is 0. The zero-order valence-electron chi connectivity index (χ0n) is 14.0. The Labute approximate surface area is 139 Å². The molecule has 1 saturated heterocycles. The van der Waals surface area contributed by atoms with Crippen LogP contribution in [0.3, 0.4) is 0 Å². The van der Waals surface area contributed by atoms with Gasteiger partial charge in [-0.1, -0.05) is 0 Å². The third-order valence-electron chi connectivity index (χ3n) is 3.67. The molecule has 0 saturated carbocycles. The average Bonchev–Trinajstić information content (AvgIpc) is 2.93. The van der Waals surface area contributed by atoms with E-state index in [0.717, 1.165) is 12.5 Å². The van der Waals surface area contributed by atoms with Crippen molar-refractivity contribution in [2.24, 2.45) is 0 Å². The minimum Gasteiger partial charge on any atom is -0.444 e. The second-order valence-corrected chi connectivity index (χ2v) is 6.83. The van der Waals surface area contributed by atoms with Gasteiger partial charge in [-0.25, -0.2) is 9.18 Å². The summed E-state index contributed by atoms with van der Waals surface area (Å²) in [5, 5.41) is 13.8. The first kappa shape index (κ1) is 18.1. The fourth-order valence-corrected chi connectivity index (χ4v) is 2.47. The molecule has 2 rings (SSSR count). The molecule has 1 amide bonds. The van der Waals surface area contributed by atoms with E-state index in [2.05, 4.69) is 5.32 Å². The molecule has 1 N–H and O–H groups in total. The van der Waals surface area contributed by atoms with E-state index in [-0.39, 0.29) is 24.4 Å². The van der Waals surface area contributed by atoms with Gasteiger partial charge in [-0.2, -0.15) is 0 Å². The quantitative estimate of drug-likeness (QED) is 0.673. The Kier molecular flexibility index (Phi) is 5.38. The molecule has 8 heteroatoms. The predicted octanol–water partition coefficient (Wildman–Crippen LogP) is 2.83. The molecule has 1 aliphatic rings. The standard InChI is InChI=1S/C16H22FN3O4/c1-16(2,3)24-15(21)19-7-6-12(10-19)18-9-11-4-5-13(20(22)23)8-14(11)17/h4-5,8,12,18H,6-7,9-10H2,1-3H3. The molecular formula is C16H22FN3O4. The smallest absolute Gasteiger partial charge is 0.410 e. The topological polar surface area (TPSA) is 84.7 Å². The van der Waals surface area contributed by atoms with Crippen molar-refractivity contribution in [3.05, 3.63) is 39.7 Å². The summed E-state index contributed by atoms with van der Waals surface area (Å²) in [4.78, 5) is 23.6. The van der Waals surface area contributed by atoms with Crippen molar-refractivity contribution in [3.8, 4) is 0 Å². The summed E-state index contributed by atoms with van der Waals surface area (Å²) in [5.41, 5.74) is -0.450. The number of nitro groups is 1. The lowest BCUT2D eigenvalue weighted by molar-refractivity contribution is -0.385. The number of likely N-dealkylation sites (tertiary alicyclic amines) is 1. The molecule has 1 aromatic carbocycles. The van der Waals surface area contributed by atoms with Gasteiger partial charge < -0.3 is 15.0 Å².